The van der Waals surface area contributed by atoms with Gasteiger partial charge in [-0.05, 0) is 18.7 Å². The molecule has 7 heteroatoms. The largest absolute Gasteiger partial charge is 0.507 e. The molecule has 0 saturated heterocycles. The second kappa shape index (κ2) is 4.75. The fourth-order valence-corrected chi connectivity index (χ4v) is 2.32. The third kappa shape index (κ3) is 3.31. The molecule has 0 amide bonds. The zero-order valence-electron chi connectivity index (χ0n) is 8.02. The molecule has 1 aromatic carbocycles. The van der Waals surface area contributed by atoms with Gasteiger partial charge in [0.05, 0.1) is 0 Å². The molecule has 5 radical (unpaired) electrons. The molecule has 1 atom stereocenters. The fourth-order valence-electron chi connectivity index (χ4n) is 0.907. The highest BCUT2D eigenvalue weighted by atomic mass is 29.6. The zero-order chi connectivity index (χ0) is 11.5. The minimum Gasteiger partial charge on any atom is -0.507 e. The second-order valence-electron chi connectivity index (χ2n) is 3.01. The maximum absolute atomic E-state index is 11.5. The fraction of sp³-hybridized carbons (Fsp3) is 0.125. The van der Waals surface area contributed by atoms with E-state index < -0.39 is 14.0 Å². The highest BCUT2D eigenvalue weighted by Gasteiger charge is 2.30. The van der Waals surface area contributed by atoms with Gasteiger partial charge in [0, 0.05) is 9.76 Å². The molecule has 15 heavy (non-hydrogen) atoms. The minimum absolute atomic E-state index is 0.00574. The second-order valence-corrected chi connectivity index (χ2v) is 11.2. The first-order valence-electron chi connectivity index (χ1n) is 4.14. The molecule has 2 N–H and O–H groups in total. The number of phenols is 1. The summed E-state index contributed by atoms with van der Waals surface area (Å²) in [6.45, 7) is 1.50. The molecule has 0 aliphatic rings. The number of carbonyl (C=O) groups excluding carboxylic acids is 1. The van der Waals surface area contributed by atoms with Gasteiger partial charge in [-0.15, -0.1) is 0 Å². The van der Waals surface area contributed by atoms with E-state index in [1.165, 1.54) is 18.7 Å². The van der Waals surface area contributed by atoms with Crippen molar-refractivity contribution < 1.29 is 19.1 Å². The van der Waals surface area contributed by atoms with E-state index in [1.807, 2.05) is 0 Å². The quantitative estimate of drug-likeness (QED) is 0.738. The molecule has 0 heterocycles. The minimum atomic E-state index is -2.97. The van der Waals surface area contributed by atoms with Gasteiger partial charge in [-0.3, -0.25) is 0 Å². The summed E-state index contributed by atoms with van der Waals surface area (Å²) in [5.41, 5.74) is 0.0650. The smallest absolute Gasteiger partial charge is 0.362 e. The lowest BCUT2D eigenvalue weighted by Crippen LogP contribution is -2.44. The molecule has 0 saturated carbocycles. The molecule has 0 spiro atoms. The monoisotopic (exact) mass is 253 g/mol. The average molecular weight is 253 g/mol. The van der Waals surface area contributed by atoms with Gasteiger partial charge in [-0.25, -0.2) is 4.79 Å². The van der Waals surface area contributed by atoms with Crippen LogP contribution in [0, 0.1) is 0 Å². The van der Waals surface area contributed by atoms with Crippen molar-refractivity contribution in [2.45, 2.75) is 6.55 Å². The Morgan fingerprint density at radius 2 is 2.13 bits per heavy atom. The molecule has 0 fully saturated rings. The van der Waals surface area contributed by atoms with E-state index in [9.17, 15) is 14.7 Å². The van der Waals surface area contributed by atoms with Crippen molar-refractivity contribution >= 4 is 32.4 Å². The van der Waals surface area contributed by atoms with Gasteiger partial charge in [0.2, 0.25) is 0 Å². The summed E-state index contributed by atoms with van der Waals surface area (Å²) >= 11 is 0. The molecular formula is C8H9O4Si3. The van der Waals surface area contributed by atoms with Crippen LogP contribution in [0.15, 0.2) is 24.3 Å². The van der Waals surface area contributed by atoms with Crippen molar-refractivity contribution in [1.29, 1.82) is 0 Å². The molecule has 0 aromatic heterocycles. The van der Waals surface area contributed by atoms with Gasteiger partial charge < -0.3 is 14.3 Å². The van der Waals surface area contributed by atoms with Gasteiger partial charge in [0.1, 0.15) is 19.9 Å². The summed E-state index contributed by atoms with van der Waals surface area (Å²) in [6, 6.07) is 6.05. The van der Waals surface area contributed by atoms with Crippen LogP contribution in [0.25, 0.3) is 0 Å². The van der Waals surface area contributed by atoms with Gasteiger partial charge in [-0.1, -0.05) is 12.1 Å². The maximum Gasteiger partial charge on any atom is 0.362 e. The molecule has 1 unspecified atom stereocenters. The highest BCUT2D eigenvalue weighted by molar-refractivity contribution is 7.34. The maximum atomic E-state index is 11.5. The normalized spacial score (nSPS) is 14.3. The van der Waals surface area contributed by atoms with Crippen molar-refractivity contribution in [1.82, 2.24) is 0 Å². The predicted molar refractivity (Wildman–Crippen MR) is 58.9 cm³/mol. The van der Waals surface area contributed by atoms with Crippen LogP contribution in [0.2, 0.25) is 6.55 Å². The summed E-state index contributed by atoms with van der Waals surface area (Å²) in [4.78, 5) is 21.1. The first kappa shape index (κ1) is 12.2. The van der Waals surface area contributed by atoms with Crippen molar-refractivity contribution in [2.24, 2.45) is 0 Å². The first-order valence-corrected chi connectivity index (χ1v) is 9.99. The van der Waals surface area contributed by atoms with Crippen LogP contribution in [0.5, 0.6) is 5.75 Å². The van der Waals surface area contributed by atoms with Gasteiger partial charge in [0.25, 0.3) is 0 Å². The topological polar surface area (TPSA) is 66.8 Å². The Kier molecular flexibility index (Phi) is 3.85. The van der Waals surface area contributed by atoms with E-state index in [1.54, 1.807) is 12.1 Å². The molecule has 0 bridgehead atoms. The standard InChI is InChI=1S/C8H9O4Si3/c1-15(11,14-13)12-8(10)6-4-2-3-5-7(6)9/h2-5,9,11H,1H3. The van der Waals surface area contributed by atoms with Crippen molar-refractivity contribution in [3.05, 3.63) is 29.8 Å². The van der Waals surface area contributed by atoms with Crippen LogP contribution in [-0.4, -0.2) is 42.3 Å². The predicted octanol–water partition coefficient (Wildman–Crippen LogP) is -0.102. The summed E-state index contributed by atoms with van der Waals surface area (Å²) in [6.07, 6.45) is 0. The van der Waals surface area contributed by atoms with Crippen LogP contribution in [0.3, 0.4) is 0 Å². The van der Waals surface area contributed by atoms with E-state index in [0.717, 1.165) is 0 Å². The third-order valence-corrected chi connectivity index (χ3v) is 8.57. The first-order chi connectivity index (χ1) is 6.96. The van der Waals surface area contributed by atoms with Crippen molar-refractivity contribution in [3.8, 4) is 5.75 Å². The van der Waals surface area contributed by atoms with E-state index in [2.05, 4.69) is 9.76 Å². The molecule has 1 rings (SSSR count). The Hall–Kier alpha value is -0.899. The Balaban J connectivity index is 2.83. The lowest BCUT2D eigenvalue weighted by atomic mass is 10.2. The van der Waals surface area contributed by atoms with Gasteiger partial charge in [-0.2, -0.15) is 0 Å². The Morgan fingerprint density at radius 1 is 1.53 bits per heavy atom. The summed E-state index contributed by atoms with van der Waals surface area (Å²) in [5, 5.41) is 9.37. The number of para-hydroxylation sites is 1. The van der Waals surface area contributed by atoms with Crippen LogP contribution in [0.4, 0.5) is 0 Å². The number of benzene rings is 1. The van der Waals surface area contributed by atoms with Crippen LogP contribution >= 0.6 is 0 Å². The number of hydrogen-bond donors (Lipinski definition) is 2. The van der Waals surface area contributed by atoms with Crippen molar-refractivity contribution in [2.75, 3.05) is 0 Å². The van der Waals surface area contributed by atoms with Crippen LogP contribution < -0.4 is 0 Å². The van der Waals surface area contributed by atoms with Crippen LogP contribution in [0.1, 0.15) is 10.4 Å². The number of rotatable bonds is 3. The highest BCUT2D eigenvalue weighted by Crippen LogP contribution is 2.17. The molecule has 0 aliphatic heterocycles. The molecule has 77 valence electrons. The zero-order valence-corrected chi connectivity index (χ0v) is 11.0. The van der Waals surface area contributed by atoms with E-state index >= 15 is 0 Å². The molecule has 0 aliphatic carbocycles. The van der Waals surface area contributed by atoms with E-state index in [-0.39, 0.29) is 19.9 Å². The Labute approximate surface area is 94.0 Å². The van der Waals surface area contributed by atoms with Crippen molar-refractivity contribution in [3.63, 3.8) is 0 Å². The average Bonchev–Trinajstić information content (AvgIpc) is 2.17. The summed E-state index contributed by atoms with van der Waals surface area (Å²) in [7, 11) is 0.168. The van der Waals surface area contributed by atoms with Gasteiger partial charge in [0.15, 0.2) is 0 Å². The summed E-state index contributed by atoms with van der Waals surface area (Å²) < 4.78 is 4.91. The molecular weight excluding hydrogens is 244 g/mol. The lowest BCUT2D eigenvalue weighted by molar-refractivity contribution is 0.0694. The Morgan fingerprint density at radius 3 is 2.67 bits per heavy atom. The SMILES string of the molecule is C[Si](O)(OC(=O)c1ccccc1O)[Si][Si]. The molecule has 1 aromatic rings. The summed E-state index contributed by atoms with van der Waals surface area (Å²) in [5.74, 6) is -0.847. The van der Waals surface area contributed by atoms with E-state index in [0.29, 0.717) is 0 Å². The number of aromatic hydroxyl groups is 1. The molecule has 4 nitrogen and oxygen atoms in total. The number of hydrogen-bond acceptors (Lipinski definition) is 4. The number of carbonyl (C=O) groups is 1. The third-order valence-electron chi connectivity index (χ3n) is 1.65. The van der Waals surface area contributed by atoms with Gasteiger partial charge >= 0.3 is 14.0 Å². The van der Waals surface area contributed by atoms with E-state index in [4.69, 9.17) is 4.43 Å². The van der Waals surface area contributed by atoms with Crippen LogP contribution in [-0.2, 0) is 4.43 Å². The lowest BCUT2D eigenvalue weighted by Gasteiger charge is -2.18. The Bertz CT molecular complexity index is 367. The number of phenolic OH excluding ortho intramolecular Hbond substituents is 1.